The van der Waals surface area contributed by atoms with E-state index in [2.05, 4.69) is 4.98 Å². The van der Waals surface area contributed by atoms with E-state index in [4.69, 9.17) is 14.9 Å². The molecule has 2 heterocycles. The number of carbonyl (C=O) groups excluding carboxylic acids is 1. The summed E-state index contributed by atoms with van der Waals surface area (Å²) < 4.78 is 12.5. The molecular formula is C23H30N4O5. The van der Waals surface area contributed by atoms with Gasteiger partial charge < -0.3 is 14.9 Å². The van der Waals surface area contributed by atoms with Crippen molar-refractivity contribution in [3.63, 3.8) is 0 Å². The van der Waals surface area contributed by atoms with Crippen molar-refractivity contribution in [1.82, 2.24) is 9.55 Å². The Morgan fingerprint density at radius 3 is 2.59 bits per heavy atom. The van der Waals surface area contributed by atoms with Crippen LogP contribution in [0, 0.1) is 6.92 Å². The van der Waals surface area contributed by atoms with Crippen molar-refractivity contribution < 1.29 is 13.9 Å². The predicted molar refractivity (Wildman–Crippen MR) is 125 cm³/mol. The van der Waals surface area contributed by atoms with Gasteiger partial charge in [-0.05, 0) is 38.0 Å². The Morgan fingerprint density at radius 2 is 1.94 bits per heavy atom. The number of amides is 1. The molecule has 0 fully saturated rings. The van der Waals surface area contributed by atoms with Crippen molar-refractivity contribution in [1.29, 1.82) is 0 Å². The van der Waals surface area contributed by atoms with E-state index in [0.717, 1.165) is 18.2 Å². The van der Waals surface area contributed by atoms with E-state index >= 15 is 0 Å². The average Bonchev–Trinajstić information content (AvgIpc) is 3.11. The van der Waals surface area contributed by atoms with Gasteiger partial charge in [0.1, 0.15) is 17.2 Å². The lowest BCUT2D eigenvalue weighted by Gasteiger charge is -2.24. The van der Waals surface area contributed by atoms with E-state index in [0.29, 0.717) is 36.3 Å². The SMILES string of the molecule is CCCCN(C(=O)c1oc2ccc(OC)cc2c1C)c1c(N)n(CCCC)c(=O)[nH]c1=O. The monoisotopic (exact) mass is 442 g/mol. The fourth-order valence-corrected chi connectivity index (χ4v) is 3.66. The number of nitrogens with zero attached hydrogens (tertiary/aromatic N) is 2. The van der Waals surface area contributed by atoms with Crippen LogP contribution in [0.4, 0.5) is 11.5 Å². The largest absolute Gasteiger partial charge is 0.497 e. The maximum atomic E-state index is 13.6. The number of hydrogen-bond donors (Lipinski definition) is 2. The first-order chi connectivity index (χ1) is 15.3. The molecule has 1 aromatic carbocycles. The zero-order valence-corrected chi connectivity index (χ0v) is 19.0. The second-order valence-electron chi connectivity index (χ2n) is 7.73. The first-order valence-corrected chi connectivity index (χ1v) is 10.9. The third-order valence-electron chi connectivity index (χ3n) is 5.54. The van der Waals surface area contributed by atoms with Gasteiger partial charge in [0.05, 0.1) is 7.11 Å². The number of ether oxygens (including phenoxy) is 1. The summed E-state index contributed by atoms with van der Waals surface area (Å²) in [5.41, 5.74) is 6.14. The Kier molecular flexibility index (Phi) is 7.07. The third-order valence-corrected chi connectivity index (χ3v) is 5.54. The summed E-state index contributed by atoms with van der Waals surface area (Å²) in [6, 6.07) is 5.29. The van der Waals surface area contributed by atoms with Crippen molar-refractivity contribution in [3.05, 3.63) is 50.4 Å². The lowest BCUT2D eigenvalue weighted by Crippen LogP contribution is -2.41. The van der Waals surface area contributed by atoms with Gasteiger partial charge in [0, 0.05) is 24.0 Å². The number of methoxy groups -OCH3 is 1. The average molecular weight is 443 g/mol. The molecule has 32 heavy (non-hydrogen) atoms. The summed E-state index contributed by atoms with van der Waals surface area (Å²) in [5.74, 6) is 0.262. The number of nitrogens with one attached hydrogen (secondary N) is 1. The van der Waals surface area contributed by atoms with E-state index in [1.54, 1.807) is 32.2 Å². The highest BCUT2D eigenvalue weighted by Crippen LogP contribution is 2.31. The summed E-state index contributed by atoms with van der Waals surface area (Å²) in [5, 5.41) is 0.748. The molecule has 0 bridgehead atoms. The molecule has 0 spiro atoms. The molecule has 0 unspecified atom stereocenters. The fourth-order valence-electron chi connectivity index (χ4n) is 3.66. The maximum absolute atomic E-state index is 13.6. The molecule has 9 nitrogen and oxygen atoms in total. The highest BCUT2D eigenvalue weighted by molar-refractivity contribution is 6.09. The van der Waals surface area contributed by atoms with Gasteiger partial charge in [0.15, 0.2) is 11.4 Å². The number of rotatable bonds is 9. The topological polar surface area (TPSA) is 124 Å². The number of furan rings is 1. The highest BCUT2D eigenvalue weighted by atomic mass is 16.5. The van der Waals surface area contributed by atoms with E-state index in [1.807, 2.05) is 13.8 Å². The molecule has 0 atom stereocenters. The smallest absolute Gasteiger partial charge is 0.330 e. The minimum atomic E-state index is -0.694. The van der Waals surface area contributed by atoms with E-state index in [9.17, 15) is 14.4 Å². The molecule has 0 radical (unpaired) electrons. The predicted octanol–water partition coefficient (Wildman–Crippen LogP) is 3.43. The van der Waals surface area contributed by atoms with E-state index < -0.39 is 17.2 Å². The van der Waals surface area contributed by atoms with Gasteiger partial charge in [-0.2, -0.15) is 0 Å². The molecule has 0 saturated heterocycles. The maximum Gasteiger partial charge on any atom is 0.330 e. The molecule has 3 aromatic rings. The van der Waals surface area contributed by atoms with Crippen molar-refractivity contribution >= 4 is 28.4 Å². The number of hydrogen-bond acceptors (Lipinski definition) is 6. The van der Waals surface area contributed by atoms with Gasteiger partial charge in [-0.1, -0.05) is 26.7 Å². The van der Waals surface area contributed by atoms with Gasteiger partial charge in [0.2, 0.25) is 0 Å². The number of aromatic nitrogens is 2. The minimum absolute atomic E-state index is 0.0212. The van der Waals surface area contributed by atoms with Crippen LogP contribution >= 0.6 is 0 Å². The van der Waals surface area contributed by atoms with Crippen molar-refractivity contribution in [2.24, 2.45) is 0 Å². The van der Waals surface area contributed by atoms with Crippen LogP contribution in [0.2, 0.25) is 0 Å². The van der Waals surface area contributed by atoms with E-state index in [1.165, 1.54) is 9.47 Å². The quantitative estimate of drug-likeness (QED) is 0.523. The Labute approximate surface area is 185 Å². The highest BCUT2D eigenvalue weighted by Gasteiger charge is 2.29. The summed E-state index contributed by atoms with van der Waals surface area (Å²) in [6.07, 6.45) is 3.00. The second-order valence-corrected chi connectivity index (χ2v) is 7.73. The van der Waals surface area contributed by atoms with Gasteiger partial charge >= 0.3 is 5.69 Å². The van der Waals surface area contributed by atoms with Gasteiger partial charge in [-0.15, -0.1) is 0 Å². The molecule has 1 amide bonds. The lowest BCUT2D eigenvalue weighted by atomic mass is 10.1. The van der Waals surface area contributed by atoms with E-state index in [-0.39, 0.29) is 23.8 Å². The summed E-state index contributed by atoms with van der Waals surface area (Å²) in [6.45, 7) is 6.37. The Balaban J connectivity index is 2.15. The van der Waals surface area contributed by atoms with Gasteiger partial charge in [-0.25, -0.2) is 4.79 Å². The number of benzene rings is 1. The second kappa shape index (κ2) is 9.76. The van der Waals surface area contributed by atoms with Gasteiger partial charge in [-0.3, -0.25) is 24.0 Å². The number of H-pyrrole nitrogens is 1. The number of aromatic amines is 1. The third kappa shape index (κ3) is 4.28. The van der Waals surface area contributed by atoms with Crippen LogP contribution in [0.3, 0.4) is 0 Å². The molecule has 3 N–H and O–H groups in total. The number of nitrogen functional groups attached to an aromatic ring is 1. The van der Waals surface area contributed by atoms with Crippen LogP contribution < -0.4 is 26.6 Å². The number of aryl methyl sites for hydroxylation is 1. The van der Waals surface area contributed by atoms with Crippen LogP contribution in [0.25, 0.3) is 11.0 Å². The van der Waals surface area contributed by atoms with Crippen molar-refractivity contribution in [2.75, 3.05) is 24.3 Å². The molecule has 0 aliphatic carbocycles. The van der Waals surface area contributed by atoms with Crippen LogP contribution in [0.5, 0.6) is 5.75 Å². The standard InChI is InChI=1S/C23H30N4O5/c1-5-7-11-26(18-20(24)27(12-8-6-2)23(30)25-21(18)28)22(29)19-14(3)16-13-15(31-4)9-10-17(16)32-19/h9-10,13H,5-8,11-12,24H2,1-4H3,(H,25,28,30). The first kappa shape index (κ1) is 23.2. The zero-order valence-electron chi connectivity index (χ0n) is 19.0. The molecule has 0 aliphatic rings. The number of nitrogens with two attached hydrogens (primary N) is 1. The lowest BCUT2D eigenvalue weighted by molar-refractivity contribution is 0.0961. The van der Waals surface area contributed by atoms with Crippen LogP contribution in [-0.2, 0) is 6.54 Å². The minimum Gasteiger partial charge on any atom is -0.497 e. The Bertz CT molecular complexity index is 1240. The normalized spacial score (nSPS) is 11.1. The van der Waals surface area contributed by atoms with Crippen molar-refractivity contribution in [2.45, 2.75) is 53.0 Å². The molecule has 3 rings (SSSR count). The summed E-state index contributed by atoms with van der Waals surface area (Å²) in [4.78, 5) is 42.3. The molecule has 2 aromatic heterocycles. The Hall–Kier alpha value is -3.49. The first-order valence-electron chi connectivity index (χ1n) is 10.9. The Morgan fingerprint density at radius 1 is 1.22 bits per heavy atom. The van der Waals surface area contributed by atoms with Crippen LogP contribution in [0.15, 0.2) is 32.2 Å². The number of fused-ring (bicyclic) bond motifs is 1. The molecular weight excluding hydrogens is 412 g/mol. The van der Waals surface area contributed by atoms with Gasteiger partial charge in [0.25, 0.3) is 11.5 Å². The zero-order chi connectivity index (χ0) is 23.4. The molecule has 9 heteroatoms. The molecule has 0 saturated carbocycles. The van der Waals surface area contributed by atoms with Crippen LogP contribution in [0.1, 0.15) is 55.6 Å². The number of carbonyl (C=O) groups is 1. The summed E-state index contributed by atoms with van der Waals surface area (Å²) >= 11 is 0. The fraction of sp³-hybridized carbons (Fsp3) is 0.435. The molecule has 0 aliphatic heterocycles. The molecule has 172 valence electrons. The summed E-state index contributed by atoms with van der Waals surface area (Å²) in [7, 11) is 1.57. The van der Waals surface area contributed by atoms with Crippen molar-refractivity contribution in [3.8, 4) is 5.75 Å². The number of unbranched alkanes of at least 4 members (excludes halogenated alkanes) is 2. The number of anilines is 2. The van der Waals surface area contributed by atoms with Crippen LogP contribution in [-0.4, -0.2) is 29.1 Å².